The Labute approximate surface area is 136 Å². The lowest BCUT2D eigenvalue weighted by Gasteiger charge is -2.39. The highest BCUT2D eigenvalue weighted by Crippen LogP contribution is 2.22. The van der Waals surface area contributed by atoms with Crippen LogP contribution in [0.15, 0.2) is 16.5 Å². The summed E-state index contributed by atoms with van der Waals surface area (Å²) < 4.78 is 10.6. The normalized spacial score (nSPS) is 21.2. The number of furan rings is 1. The number of hydrogen-bond acceptors (Lipinski definition) is 5. The van der Waals surface area contributed by atoms with E-state index in [1.165, 1.54) is 24.6 Å². The smallest absolute Gasteiger partial charge is 0.289 e. The van der Waals surface area contributed by atoms with Gasteiger partial charge in [-0.2, -0.15) is 11.8 Å². The minimum absolute atomic E-state index is 0.00926. The molecule has 6 heteroatoms. The van der Waals surface area contributed by atoms with E-state index in [2.05, 4.69) is 4.90 Å². The maximum atomic E-state index is 12.5. The molecule has 0 bridgehead atoms. The van der Waals surface area contributed by atoms with E-state index in [4.69, 9.17) is 9.15 Å². The van der Waals surface area contributed by atoms with Crippen molar-refractivity contribution in [1.29, 1.82) is 0 Å². The lowest BCUT2D eigenvalue weighted by atomic mass is 10.0. The lowest BCUT2D eigenvalue weighted by molar-refractivity contribution is 0.0594. The van der Waals surface area contributed by atoms with E-state index in [0.29, 0.717) is 24.2 Å². The van der Waals surface area contributed by atoms with E-state index in [9.17, 15) is 4.79 Å². The van der Waals surface area contributed by atoms with Crippen LogP contribution in [0.4, 0.5) is 0 Å². The molecule has 5 nitrogen and oxygen atoms in total. The van der Waals surface area contributed by atoms with Crippen molar-refractivity contribution in [2.45, 2.75) is 25.5 Å². The highest BCUT2D eigenvalue weighted by atomic mass is 32.2. The van der Waals surface area contributed by atoms with E-state index in [1.54, 1.807) is 13.2 Å². The molecule has 2 aliphatic heterocycles. The molecule has 2 fully saturated rings. The zero-order valence-electron chi connectivity index (χ0n) is 13.1. The average molecular weight is 324 g/mol. The Morgan fingerprint density at radius 2 is 2.00 bits per heavy atom. The van der Waals surface area contributed by atoms with E-state index in [1.807, 2.05) is 22.7 Å². The first-order valence-corrected chi connectivity index (χ1v) is 9.12. The van der Waals surface area contributed by atoms with Crippen molar-refractivity contribution in [2.75, 3.05) is 44.8 Å². The van der Waals surface area contributed by atoms with Gasteiger partial charge in [-0.1, -0.05) is 0 Å². The van der Waals surface area contributed by atoms with Crippen LogP contribution in [-0.2, 0) is 11.3 Å². The predicted molar refractivity (Wildman–Crippen MR) is 87.2 cm³/mol. The van der Waals surface area contributed by atoms with Crippen molar-refractivity contribution >= 4 is 17.7 Å². The molecule has 0 aliphatic carbocycles. The number of carbonyl (C=O) groups is 1. The molecule has 0 radical (unpaired) electrons. The highest BCUT2D eigenvalue weighted by Gasteiger charge is 2.29. The third-order valence-electron chi connectivity index (χ3n) is 4.47. The molecule has 2 aliphatic rings. The van der Waals surface area contributed by atoms with Gasteiger partial charge in [0.05, 0.1) is 0 Å². The molecule has 0 unspecified atom stereocenters. The minimum Gasteiger partial charge on any atom is -0.453 e. The third-order valence-corrected chi connectivity index (χ3v) is 5.42. The Hall–Kier alpha value is -0.980. The molecule has 0 spiro atoms. The van der Waals surface area contributed by atoms with Crippen molar-refractivity contribution in [3.05, 3.63) is 23.7 Å². The standard InChI is InChI=1S/C16H24N2O3S/c1-20-12-14-2-3-15(21-14)16(19)18-6-4-13(5-7-18)17-8-10-22-11-9-17/h2-3,13H,4-12H2,1H3. The lowest BCUT2D eigenvalue weighted by Crippen LogP contribution is -2.49. The van der Waals surface area contributed by atoms with Gasteiger partial charge in [0.2, 0.25) is 0 Å². The summed E-state index contributed by atoms with van der Waals surface area (Å²) in [7, 11) is 1.62. The van der Waals surface area contributed by atoms with Crippen LogP contribution in [0, 0.1) is 0 Å². The van der Waals surface area contributed by atoms with Gasteiger partial charge in [-0.05, 0) is 25.0 Å². The summed E-state index contributed by atoms with van der Waals surface area (Å²) in [5.41, 5.74) is 0. The zero-order chi connectivity index (χ0) is 15.4. The fourth-order valence-electron chi connectivity index (χ4n) is 3.25. The molecule has 0 N–H and O–H groups in total. The summed E-state index contributed by atoms with van der Waals surface area (Å²) in [4.78, 5) is 17.0. The first-order valence-electron chi connectivity index (χ1n) is 7.96. The Kier molecular flexibility index (Phi) is 5.44. The number of ether oxygens (including phenoxy) is 1. The molecular formula is C16H24N2O3S. The van der Waals surface area contributed by atoms with Gasteiger partial charge in [0.1, 0.15) is 12.4 Å². The summed E-state index contributed by atoms with van der Waals surface area (Å²) in [6.07, 6.45) is 2.14. The van der Waals surface area contributed by atoms with Crippen molar-refractivity contribution in [1.82, 2.24) is 9.80 Å². The molecule has 0 saturated carbocycles. The van der Waals surface area contributed by atoms with Crippen molar-refractivity contribution in [3.8, 4) is 0 Å². The van der Waals surface area contributed by atoms with Crippen LogP contribution < -0.4 is 0 Å². The second kappa shape index (κ2) is 7.53. The molecule has 1 aromatic rings. The summed E-state index contributed by atoms with van der Waals surface area (Å²) in [6.45, 7) is 4.45. The van der Waals surface area contributed by atoms with Crippen LogP contribution in [0.1, 0.15) is 29.2 Å². The molecule has 122 valence electrons. The summed E-state index contributed by atoms with van der Waals surface area (Å²) in [5, 5.41) is 0. The first kappa shape index (κ1) is 15.9. The quantitative estimate of drug-likeness (QED) is 0.848. The summed E-state index contributed by atoms with van der Waals surface area (Å²) in [6, 6.07) is 4.21. The van der Waals surface area contributed by atoms with Gasteiger partial charge < -0.3 is 14.1 Å². The van der Waals surface area contributed by atoms with Crippen molar-refractivity contribution in [3.63, 3.8) is 0 Å². The predicted octanol–water partition coefficient (Wildman–Crippen LogP) is 2.08. The number of methoxy groups -OCH3 is 1. The molecule has 22 heavy (non-hydrogen) atoms. The topological polar surface area (TPSA) is 45.9 Å². The summed E-state index contributed by atoms with van der Waals surface area (Å²) in [5.74, 6) is 3.63. The van der Waals surface area contributed by atoms with Gasteiger partial charge in [0, 0.05) is 50.8 Å². The molecule has 1 amide bonds. The number of nitrogens with zero attached hydrogens (tertiary/aromatic N) is 2. The van der Waals surface area contributed by atoms with E-state index >= 15 is 0 Å². The maximum Gasteiger partial charge on any atom is 0.289 e. The SMILES string of the molecule is COCc1ccc(C(=O)N2CCC(N3CCSCC3)CC2)o1. The molecular weight excluding hydrogens is 300 g/mol. The zero-order valence-corrected chi connectivity index (χ0v) is 13.9. The van der Waals surface area contributed by atoms with Gasteiger partial charge in [-0.15, -0.1) is 0 Å². The number of likely N-dealkylation sites (tertiary alicyclic amines) is 1. The number of rotatable bonds is 4. The van der Waals surface area contributed by atoms with Gasteiger partial charge in [-0.25, -0.2) is 0 Å². The second-order valence-corrected chi connectivity index (χ2v) is 7.10. The van der Waals surface area contributed by atoms with Crippen LogP contribution in [-0.4, -0.2) is 66.5 Å². The largest absolute Gasteiger partial charge is 0.453 e. The van der Waals surface area contributed by atoms with Crippen molar-refractivity contribution in [2.24, 2.45) is 0 Å². The van der Waals surface area contributed by atoms with Gasteiger partial charge in [-0.3, -0.25) is 9.69 Å². The third kappa shape index (κ3) is 3.67. The number of hydrogen-bond donors (Lipinski definition) is 0. The number of amides is 1. The molecule has 3 heterocycles. The minimum atomic E-state index is 0.00926. The molecule has 1 aromatic heterocycles. The Morgan fingerprint density at radius 1 is 1.27 bits per heavy atom. The van der Waals surface area contributed by atoms with Gasteiger partial charge in [0.15, 0.2) is 5.76 Å². The average Bonchev–Trinajstić information content (AvgIpc) is 3.04. The monoisotopic (exact) mass is 324 g/mol. The fraction of sp³-hybridized carbons (Fsp3) is 0.688. The van der Waals surface area contributed by atoms with E-state index in [0.717, 1.165) is 25.9 Å². The van der Waals surface area contributed by atoms with Crippen LogP contribution in [0.25, 0.3) is 0 Å². The summed E-state index contributed by atoms with van der Waals surface area (Å²) >= 11 is 2.04. The van der Waals surface area contributed by atoms with Crippen LogP contribution in [0.5, 0.6) is 0 Å². The first-order chi connectivity index (χ1) is 10.8. The Balaban J connectivity index is 1.52. The van der Waals surface area contributed by atoms with Gasteiger partial charge in [0.25, 0.3) is 5.91 Å². The molecule has 3 rings (SSSR count). The number of piperidine rings is 1. The maximum absolute atomic E-state index is 12.5. The number of carbonyl (C=O) groups excluding carboxylic acids is 1. The van der Waals surface area contributed by atoms with Crippen LogP contribution >= 0.6 is 11.8 Å². The van der Waals surface area contributed by atoms with Gasteiger partial charge >= 0.3 is 0 Å². The van der Waals surface area contributed by atoms with Crippen LogP contribution in [0.2, 0.25) is 0 Å². The molecule has 2 saturated heterocycles. The van der Waals surface area contributed by atoms with E-state index in [-0.39, 0.29) is 5.91 Å². The fourth-order valence-corrected chi connectivity index (χ4v) is 4.18. The Bertz CT molecular complexity index is 491. The molecule has 0 aromatic carbocycles. The van der Waals surface area contributed by atoms with Crippen LogP contribution in [0.3, 0.4) is 0 Å². The second-order valence-electron chi connectivity index (χ2n) is 5.87. The molecule has 0 atom stereocenters. The number of thioether (sulfide) groups is 1. The Morgan fingerprint density at radius 3 is 2.68 bits per heavy atom. The van der Waals surface area contributed by atoms with Crippen molar-refractivity contribution < 1.29 is 13.9 Å². The van der Waals surface area contributed by atoms with E-state index < -0.39 is 0 Å². The highest BCUT2D eigenvalue weighted by molar-refractivity contribution is 7.99.